The molecule has 1 unspecified atom stereocenters. The number of ether oxygens (including phenoxy) is 1. The summed E-state index contributed by atoms with van der Waals surface area (Å²) in [6.07, 6.45) is 1.36. The number of ketones is 1. The molecule has 0 aliphatic rings. The van der Waals surface area contributed by atoms with Crippen LogP contribution in [0.5, 0.6) is 5.75 Å². The molecular formula is C13H17FO2. The first-order chi connectivity index (χ1) is 7.60. The predicted molar refractivity (Wildman–Crippen MR) is 61.3 cm³/mol. The van der Waals surface area contributed by atoms with Crippen molar-refractivity contribution < 1.29 is 13.9 Å². The van der Waals surface area contributed by atoms with Gasteiger partial charge in [0, 0.05) is 12.3 Å². The molecule has 0 fully saturated rings. The summed E-state index contributed by atoms with van der Waals surface area (Å²) in [6.45, 7) is 3.76. The van der Waals surface area contributed by atoms with Gasteiger partial charge in [-0.3, -0.25) is 4.79 Å². The van der Waals surface area contributed by atoms with Gasteiger partial charge in [-0.2, -0.15) is 0 Å². The van der Waals surface area contributed by atoms with Crippen molar-refractivity contribution in [1.29, 1.82) is 0 Å². The van der Waals surface area contributed by atoms with E-state index in [1.807, 2.05) is 6.92 Å². The van der Waals surface area contributed by atoms with Gasteiger partial charge in [0.05, 0.1) is 7.11 Å². The molecule has 16 heavy (non-hydrogen) atoms. The quantitative estimate of drug-likeness (QED) is 0.767. The van der Waals surface area contributed by atoms with E-state index in [1.54, 1.807) is 19.1 Å². The topological polar surface area (TPSA) is 26.3 Å². The van der Waals surface area contributed by atoms with Crippen LogP contribution in [0.1, 0.15) is 38.2 Å². The van der Waals surface area contributed by atoms with Crippen molar-refractivity contribution in [2.24, 2.45) is 0 Å². The summed E-state index contributed by atoms with van der Waals surface area (Å²) in [4.78, 5) is 11.7. The third kappa shape index (κ3) is 2.81. The Bertz CT molecular complexity index is 374. The van der Waals surface area contributed by atoms with E-state index in [9.17, 15) is 9.18 Å². The zero-order valence-corrected chi connectivity index (χ0v) is 9.92. The number of Topliss-reactive ketones (excluding diaryl/α,β-unsaturated/α-hetero) is 1. The summed E-state index contributed by atoms with van der Waals surface area (Å²) >= 11 is 0. The van der Waals surface area contributed by atoms with Gasteiger partial charge in [-0.25, -0.2) is 4.39 Å². The van der Waals surface area contributed by atoms with Gasteiger partial charge in [0.15, 0.2) is 11.6 Å². The Hall–Kier alpha value is -1.38. The second-order valence-corrected chi connectivity index (χ2v) is 3.83. The Morgan fingerprint density at radius 2 is 2.19 bits per heavy atom. The molecular weight excluding hydrogens is 207 g/mol. The smallest absolute Gasteiger partial charge is 0.165 e. The van der Waals surface area contributed by atoms with E-state index in [0.29, 0.717) is 12.0 Å². The van der Waals surface area contributed by atoms with E-state index in [1.165, 1.54) is 13.2 Å². The standard InChI is InChI=1S/C13H17FO2/c1-4-5-12(15)9(2)10-6-7-13(16-3)11(14)8-10/h6-9H,4-5H2,1-3H3. The number of carbonyl (C=O) groups excluding carboxylic acids is 1. The van der Waals surface area contributed by atoms with Crippen LogP contribution in [0, 0.1) is 5.82 Å². The van der Waals surface area contributed by atoms with Gasteiger partial charge in [-0.15, -0.1) is 0 Å². The van der Waals surface area contributed by atoms with E-state index >= 15 is 0 Å². The lowest BCUT2D eigenvalue weighted by Crippen LogP contribution is -2.08. The van der Waals surface area contributed by atoms with Crippen molar-refractivity contribution in [3.8, 4) is 5.75 Å². The Morgan fingerprint density at radius 3 is 2.69 bits per heavy atom. The van der Waals surface area contributed by atoms with Crippen molar-refractivity contribution in [2.75, 3.05) is 7.11 Å². The Morgan fingerprint density at radius 1 is 1.50 bits per heavy atom. The van der Waals surface area contributed by atoms with Gasteiger partial charge in [0.25, 0.3) is 0 Å². The lowest BCUT2D eigenvalue weighted by molar-refractivity contribution is -0.120. The van der Waals surface area contributed by atoms with Crippen molar-refractivity contribution in [3.05, 3.63) is 29.6 Å². The summed E-state index contributed by atoms with van der Waals surface area (Å²) < 4.78 is 18.3. The molecule has 0 saturated carbocycles. The maximum atomic E-state index is 13.4. The largest absolute Gasteiger partial charge is 0.494 e. The molecule has 1 atom stereocenters. The van der Waals surface area contributed by atoms with Crippen LogP contribution in [0.4, 0.5) is 4.39 Å². The van der Waals surface area contributed by atoms with Crippen LogP contribution in [0.2, 0.25) is 0 Å². The highest BCUT2D eigenvalue weighted by atomic mass is 19.1. The van der Waals surface area contributed by atoms with Crippen molar-refractivity contribution >= 4 is 5.78 Å². The molecule has 3 heteroatoms. The molecule has 0 bridgehead atoms. The van der Waals surface area contributed by atoms with Crippen LogP contribution >= 0.6 is 0 Å². The molecule has 0 aliphatic carbocycles. The minimum atomic E-state index is -0.420. The highest BCUT2D eigenvalue weighted by Crippen LogP contribution is 2.24. The lowest BCUT2D eigenvalue weighted by Gasteiger charge is -2.11. The summed E-state index contributed by atoms with van der Waals surface area (Å²) in [6, 6.07) is 4.66. The molecule has 0 heterocycles. The van der Waals surface area contributed by atoms with Crippen molar-refractivity contribution in [2.45, 2.75) is 32.6 Å². The number of rotatable bonds is 5. The summed E-state index contributed by atoms with van der Waals surface area (Å²) in [5, 5.41) is 0. The number of hydrogen-bond acceptors (Lipinski definition) is 2. The molecule has 1 rings (SSSR count). The molecule has 0 radical (unpaired) electrons. The second-order valence-electron chi connectivity index (χ2n) is 3.83. The highest BCUT2D eigenvalue weighted by Gasteiger charge is 2.15. The normalized spacial score (nSPS) is 12.2. The van der Waals surface area contributed by atoms with Gasteiger partial charge in [-0.05, 0) is 24.1 Å². The minimum absolute atomic E-state index is 0.145. The van der Waals surface area contributed by atoms with Crippen LogP contribution < -0.4 is 4.74 Å². The van der Waals surface area contributed by atoms with Gasteiger partial charge < -0.3 is 4.74 Å². The Kier molecular flexibility index (Phi) is 4.47. The van der Waals surface area contributed by atoms with E-state index in [0.717, 1.165) is 6.42 Å². The van der Waals surface area contributed by atoms with Gasteiger partial charge >= 0.3 is 0 Å². The third-order valence-corrected chi connectivity index (χ3v) is 2.66. The number of halogens is 1. The van der Waals surface area contributed by atoms with Crippen LogP contribution in [0.25, 0.3) is 0 Å². The monoisotopic (exact) mass is 224 g/mol. The van der Waals surface area contributed by atoms with Gasteiger partial charge in [-0.1, -0.05) is 19.9 Å². The molecule has 0 N–H and O–H groups in total. The molecule has 0 aliphatic heterocycles. The van der Waals surface area contributed by atoms with E-state index in [-0.39, 0.29) is 17.5 Å². The zero-order chi connectivity index (χ0) is 12.1. The fourth-order valence-corrected chi connectivity index (χ4v) is 1.60. The maximum Gasteiger partial charge on any atom is 0.165 e. The van der Waals surface area contributed by atoms with Crippen molar-refractivity contribution in [1.82, 2.24) is 0 Å². The predicted octanol–water partition coefficient (Wildman–Crippen LogP) is 3.31. The fourth-order valence-electron chi connectivity index (χ4n) is 1.60. The maximum absolute atomic E-state index is 13.4. The number of benzene rings is 1. The van der Waals surface area contributed by atoms with Gasteiger partial charge in [0.2, 0.25) is 0 Å². The first kappa shape index (κ1) is 12.7. The molecule has 1 aromatic carbocycles. The average Bonchev–Trinajstić information content (AvgIpc) is 2.28. The minimum Gasteiger partial charge on any atom is -0.494 e. The number of methoxy groups -OCH3 is 1. The number of carbonyl (C=O) groups is 1. The molecule has 0 amide bonds. The SMILES string of the molecule is CCCC(=O)C(C)c1ccc(OC)c(F)c1. The van der Waals surface area contributed by atoms with Crippen molar-refractivity contribution in [3.63, 3.8) is 0 Å². The lowest BCUT2D eigenvalue weighted by atomic mass is 9.94. The Labute approximate surface area is 95.4 Å². The zero-order valence-electron chi connectivity index (χ0n) is 9.92. The van der Waals surface area contributed by atoms with Crippen LogP contribution in [0.15, 0.2) is 18.2 Å². The molecule has 2 nitrogen and oxygen atoms in total. The van der Waals surface area contributed by atoms with E-state index < -0.39 is 5.82 Å². The summed E-state index contributed by atoms with van der Waals surface area (Å²) in [7, 11) is 1.42. The molecule has 0 aromatic heterocycles. The first-order valence-corrected chi connectivity index (χ1v) is 5.46. The van der Waals surface area contributed by atoms with E-state index in [4.69, 9.17) is 4.74 Å². The van der Waals surface area contributed by atoms with Crippen LogP contribution in [-0.4, -0.2) is 12.9 Å². The first-order valence-electron chi connectivity index (χ1n) is 5.46. The van der Waals surface area contributed by atoms with Gasteiger partial charge in [0.1, 0.15) is 5.78 Å². The molecule has 88 valence electrons. The third-order valence-electron chi connectivity index (χ3n) is 2.66. The van der Waals surface area contributed by atoms with E-state index in [2.05, 4.69) is 0 Å². The van der Waals surface area contributed by atoms with Crippen LogP contribution in [-0.2, 0) is 4.79 Å². The average molecular weight is 224 g/mol. The highest BCUT2D eigenvalue weighted by molar-refractivity contribution is 5.85. The Balaban J connectivity index is 2.88. The second kappa shape index (κ2) is 5.64. The summed E-state index contributed by atoms with van der Waals surface area (Å²) in [5.74, 6) is -0.317. The molecule has 0 saturated heterocycles. The summed E-state index contributed by atoms with van der Waals surface area (Å²) in [5.41, 5.74) is 0.705. The van der Waals surface area contributed by atoms with Crippen LogP contribution in [0.3, 0.4) is 0 Å². The fraction of sp³-hybridized carbons (Fsp3) is 0.462. The number of hydrogen-bond donors (Lipinski definition) is 0. The molecule has 1 aromatic rings. The molecule has 0 spiro atoms.